The highest BCUT2D eigenvalue weighted by Gasteiger charge is 2.15. The molecule has 1 aliphatic heterocycles. The standard InChI is InChI=1S/C21H20N4O2S3/c26-18(24-20-22-9-11-29-20)8-2-1-5-10-25-19(27)17(30-21(25)28)12-14-13-23-16-7-4-3-6-15(14)16/h3-4,6-7,9,11-13,27H,1-2,5,8,10H2,(H,22,24,26)/b14-12+. The Bertz CT molecular complexity index is 1160. The SMILES string of the molecule is O=C(CCCCCn1c(O)c(/C=C2\C=Nc3ccccc32)sc1=S)Nc1nccs1. The summed E-state index contributed by atoms with van der Waals surface area (Å²) in [4.78, 5) is 21.1. The zero-order valence-electron chi connectivity index (χ0n) is 16.1. The van der Waals surface area contributed by atoms with Gasteiger partial charge in [0.1, 0.15) is 0 Å². The van der Waals surface area contributed by atoms with E-state index in [0.29, 0.717) is 22.1 Å². The van der Waals surface area contributed by atoms with Gasteiger partial charge < -0.3 is 10.4 Å². The number of nitrogens with one attached hydrogen (secondary N) is 1. The number of hydrogen-bond acceptors (Lipinski definition) is 7. The van der Waals surface area contributed by atoms with Crippen LogP contribution in [0.3, 0.4) is 0 Å². The lowest BCUT2D eigenvalue weighted by Crippen LogP contribution is -2.10. The number of nitrogens with zero attached hydrogens (tertiary/aromatic N) is 3. The van der Waals surface area contributed by atoms with E-state index in [1.807, 2.05) is 41.9 Å². The third-order valence-electron chi connectivity index (χ3n) is 4.70. The highest BCUT2D eigenvalue weighted by atomic mass is 32.1. The molecular weight excluding hydrogens is 436 g/mol. The van der Waals surface area contributed by atoms with Gasteiger partial charge in [-0.15, -0.1) is 22.7 Å². The number of hydrogen-bond donors (Lipinski definition) is 2. The van der Waals surface area contributed by atoms with Gasteiger partial charge in [0.2, 0.25) is 11.8 Å². The minimum atomic E-state index is -0.0210. The van der Waals surface area contributed by atoms with Gasteiger partial charge in [0, 0.05) is 41.9 Å². The number of amides is 1. The van der Waals surface area contributed by atoms with Gasteiger partial charge in [-0.1, -0.05) is 24.6 Å². The van der Waals surface area contributed by atoms with E-state index in [0.717, 1.165) is 41.0 Å². The van der Waals surface area contributed by atoms with Crippen LogP contribution in [0.1, 0.15) is 36.1 Å². The predicted octanol–water partition coefficient (Wildman–Crippen LogP) is 5.90. The molecule has 3 heterocycles. The van der Waals surface area contributed by atoms with Crippen LogP contribution in [0.2, 0.25) is 0 Å². The summed E-state index contributed by atoms with van der Waals surface area (Å²) in [5, 5.41) is 15.9. The number of rotatable bonds is 8. The number of carbonyl (C=O) groups is 1. The summed E-state index contributed by atoms with van der Waals surface area (Å²) in [5.74, 6) is 0.171. The zero-order valence-corrected chi connectivity index (χ0v) is 18.5. The van der Waals surface area contributed by atoms with Gasteiger partial charge in [0.25, 0.3) is 0 Å². The maximum atomic E-state index is 11.9. The summed E-state index contributed by atoms with van der Waals surface area (Å²) in [6.45, 7) is 0.628. The van der Waals surface area contributed by atoms with Gasteiger partial charge in [-0.2, -0.15) is 0 Å². The molecule has 3 aromatic rings. The molecule has 30 heavy (non-hydrogen) atoms. The summed E-state index contributed by atoms with van der Waals surface area (Å²) >= 11 is 8.25. The maximum absolute atomic E-state index is 11.9. The molecule has 1 amide bonds. The van der Waals surface area contributed by atoms with E-state index in [4.69, 9.17) is 12.2 Å². The largest absolute Gasteiger partial charge is 0.493 e. The molecule has 0 atom stereocenters. The fourth-order valence-corrected chi connectivity index (χ4v) is 5.06. The van der Waals surface area contributed by atoms with Crippen molar-refractivity contribution in [1.82, 2.24) is 9.55 Å². The van der Waals surface area contributed by atoms with E-state index < -0.39 is 0 Å². The minimum Gasteiger partial charge on any atom is -0.493 e. The number of aromatic hydroxyl groups is 1. The first kappa shape index (κ1) is 20.6. The predicted molar refractivity (Wildman–Crippen MR) is 126 cm³/mol. The second-order valence-electron chi connectivity index (χ2n) is 6.78. The number of anilines is 1. The lowest BCUT2D eigenvalue weighted by Gasteiger charge is -2.05. The first-order valence-electron chi connectivity index (χ1n) is 9.59. The second-order valence-corrected chi connectivity index (χ2v) is 9.35. The van der Waals surface area contributed by atoms with Gasteiger partial charge in [-0.05, 0) is 37.2 Å². The normalized spacial score (nSPS) is 13.7. The molecule has 0 bridgehead atoms. The van der Waals surface area contributed by atoms with Crippen molar-refractivity contribution in [1.29, 1.82) is 0 Å². The first-order chi connectivity index (χ1) is 14.6. The molecule has 0 unspecified atom stereocenters. The number of allylic oxidation sites excluding steroid dienone is 1. The average molecular weight is 457 g/mol. The molecule has 154 valence electrons. The molecule has 2 aromatic heterocycles. The van der Waals surface area contributed by atoms with Crippen LogP contribution in [-0.4, -0.2) is 26.8 Å². The number of benzene rings is 1. The van der Waals surface area contributed by atoms with Gasteiger partial charge >= 0.3 is 0 Å². The van der Waals surface area contributed by atoms with E-state index in [-0.39, 0.29) is 11.8 Å². The number of para-hydroxylation sites is 1. The second kappa shape index (κ2) is 9.46. The van der Waals surface area contributed by atoms with Gasteiger partial charge in [-0.25, -0.2) is 4.98 Å². The number of aromatic nitrogens is 2. The Morgan fingerprint density at radius 1 is 1.27 bits per heavy atom. The number of fused-ring (bicyclic) bond motifs is 1. The van der Waals surface area contributed by atoms with Gasteiger partial charge in [-0.3, -0.25) is 14.4 Å². The Kier molecular flexibility index (Phi) is 6.51. The number of aliphatic imine (C=N–C) groups is 1. The molecule has 0 spiro atoms. The number of carbonyl (C=O) groups excluding carboxylic acids is 1. The minimum absolute atomic E-state index is 0.0210. The van der Waals surface area contributed by atoms with Crippen LogP contribution in [0.15, 0.2) is 40.8 Å². The van der Waals surface area contributed by atoms with Crippen LogP contribution < -0.4 is 5.32 Å². The summed E-state index contributed by atoms with van der Waals surface area (Å²) in [6.07, 6.45) is 8.36. The van der Waals surface area contributed by atoms with Gasteiger partial charge in [0.05, 0.1) is 10.6 Å². The van der Waals surface area contributed by atoms with E-state index >= 15 is 0 Å². The monoisotopic (exact) mass is 456 g/mol. The van der Waals surface area contributed by atoms with Crippen LogP contribution in [0.25, 0.3) is 11.6 Å². The van der Waals surface area contributed by atoms with Crippen molar-refractivity contribution in [2.24, 2.45) is 4.99 Å². The molecule has 6 nitrogen and oxygen atoms in total. The lowest BCUT2D eigenvalue weighted by atomic mass is 10.1. The molecule has 2 N–H and O–H groups in total. The maximum Gasteiger partial charge on any atom is 0.226 e. The molecule has 0 saturated carbocycles. The van der Waals surface area contributed by atoms with Crippen molar-refractivity contribution in [3.05, 3.63) is 50.2 Å². The fourth-order valence-electron chi connectivity index (χ4n) is 3.20. The molecule has 4 rings (SSSR count). The Morgan fingerprint density at radius 2 is 2.13 bits per heavy atom. The fraction of sp³-hybridized carbons (Fsp3) is 0.238. The van der Waals surface area contributed by atoms with Crippen molar-refractivity contribution < 1.29 is 9.90 Å². The Labute approximate surface area is 187 Å². The molecule has 1 aliphatic rings. The quantitative estimate of drug-likeness (QED) is 0.327. The van der Waals surface area contributed by atoms with Crippen molar-refractivity contribution in [3.8, 4) is 5.88 Å². The smallest absolute Gasteiger partial charge is 0.226 e. The van der Waals surface area contributed by atoms with Crippen molar-refractivity contribution in [2.45, 2.75) is 32.2 Å². The Balaban J connectivity index is 1.31. The van der Waals surface area contributed by atoms with E-state index in [9.17, 15) is 9.90 Å². The highest BCUT2D eigenvalue weighted by Crippen LogP contribution is 2.35. The van der Waals surface area contributed by atoms with Gasteiger partial charge in [0.15, 0.2) is 9.09 Å². The first-order valence-corrected chi connectivity index (χ1v) is 11.7. The summed E-state index contributed by atoms with van der Waals surface area (Å²) in [6, 6.07) is 7.92. The van der Waals surface area contributed by atoms with E-state index in [1.54, 1.807) is 10.8 Å². The highest BCUT2D eigenvalue weighted by molar-refractivity contribution is 7.73. The molecule has 0 fully saturated rings. The number of unbranched alkanes of at least 4 members (excludes halogenated alkanes) is 2. The molecule has 0 saturated heterocycles. The van der Waals surface area contributed by atoms with Crippen molar-refractivity contribution >= 4 is 69.5 Å². The number of thiazole rings is 2. The molecular formula is C21H20N4O2S3. The summed E-state index contributed by atoms with van der Waals surface area (Å²) in [7, 11) is 0. The third-order valence-corrected chi connectivity index (χ3v) is 6.78. The third kappa shape index (κ3) is 4.75. The average Bonchev–Trinajstić information content (AvgIpc) is 3.45. The Morgan fingerprint density at radius 3 is 2.97 bits per heavy atom. The lowest BCUT2D eigenvalue weighted by molar-refractivity contribution is -0.116. The summed E-state index contributed by atoms with van der Waals surface area (Å²) in [5.41, 5.74) is 2.96. The molecule has 9 heteroatoms. The molecule has 1 aromatic carbocycles. The van der Waals surface area contributed by atoms with Crippen LogP contribution in [0, 0.1) is 3.95 Å². The Hall–Kier alpha value is -2.62. The van der Waals surface area contributed by atoms with Crippen LogP contribution >= 0.6 is 34.9 Å². The van der Waals surface area contributed by atoms with E-state index in [1.165, 1.54) is 22.7 Å². The van der Waals surface area contributed by atoms with Crippen LogP contribution in [0.5, 0.6) is 5.88 Å². The molecule has 0 aliphatic carbocycles. The van der Waals surface area contributed by atoms with Crippen molar-refractivity contribution in [3.63, 3.8) is 0 Å². The topological polar surface area (TPSA) is 79.5 Å². The van der Waals surface area contributed by atoms with Crippen LogP contribution in [0.4, 0.5) is 10.8 Å². The summed E-state index contributed by atoms with van der Waals surface area (Å²) < 4.78 is 2.41. The van der Waals surface area contributed by atoms with Crippen molar-refractivity contribution in [2.75, 3.05) is 5.32 Å². The van der Waals surface area contributed by atoms with Crippen LogP contribution in [-0.2, 0) is 11.3 Å². The zero-order chi connectivity index (χ0) is 20.9. The van der Waals surface area contributed by atoms with E-state index in [2.05, 4.69) is 15.3 Å². The molecule has 0 radical (unpaired) electrons.